The van der Waals surface area contributed by atoms with Gasteiger partial charge in [-0.15, -0.1) is 0 Å². The van der Waals surface area contributed by atoms with E-state index in [2.05, 4.69) is 25.7 Å². The fraction of sp³-hybridized carbons (Fsp3) is 0.900. The molecule has 13 heavy (non-hydrogen) atoms. The van der Waals surface area contributed by atoms with Gasteiger partial charge in [0, 0.05) is 19.0 Å². The van der Waals surface area contributed by atoms with E-state index >= 15 is 0 Å². The molecule has 3 heteroatoms. The molecule has 0 unspecified atom stereocenters. The molecule has 0 aliphatic rings. The predicted octanol–water partition coefficient (Wildman–Crippen LogP) is 1.82. The van der Waals surface area contributed by atoms with Crippen LogP contribution in [0.1, 0.15) is 40.0 Å². The van der Waals surface area contributed by atoms with Gasteiger partial charge < -0.3 is 10.6 Å². The maximum atomic E-state index is 7.17. The highest BCUT2D eigenvalue weighted by Crippen LogP contribution is 2.08. The Morgan fingerprint density at radius 2 is 1.85 bits per heavy atom. The van der Waals surface area contributed by atoms with E-state index < -0.39 is 0 Å². The van der Waals surface area contributed by atoms with Crippen molar-refractivity contribution in [3.63, 3.8) is 0 Å². The van der Waals surface area contributed by atoms with E-state index in [-0.39, 0.29) is 0 Å². The summed E-state index contributed by atoms with van der Waals surface area (Å²) in [5, 5.41) is 7.17. The zero-order valence-corrected chi connectivity index (χ0v) is 9.14. The Morgan fingerprint density at radius 1 is 1.31 bits per heavy atom. The summed E-state index contributed by atoms with van der Waals surface area (Å²) in [6, 6.07) is 0.657. The van der Waals surface area contributed by atoms with Crippen molar-refractivity contribution in [3.05, 3.63) is 0 Å². The van der Waals surface area contributed by atoms with E-state index in [1.165, 1.54) is 12.8 Å². The lowest BCUT2D eigenvalue weighted by Crippen LogP contribution is -2.36. The Morgan fingerprint density at radius 3 is 2.15 bits per heavy atom. The molecule has 0 aromatic carbocycles. The molecule has 3 N–H and O–H groups in total. The molecule has 0 saturated heterocycles. The highest BCUT2D eigenvalue weighted by molar-refractivity contribution is 5.76. The summed E-state index contributed by atoms with van der Waals surface area (Å²) in [6.45, 7) is 8.57. The van der Waals surface area contributed by atoms with Crippen LogP contribution in [0.3, 0.4) is 0 Å². The lowest BCUT2D eigenvalue weighted by Gasteiger charge is -2.28. The Hall–Kier alpha value is -0.570. The Balaban J connectivity index is 3.92. The van der Waals surface area contributed by atoms with Gasteiger partial charge in [-0.1, -0.05) is 20.8 Å². The first kappa shape index (κ1) is 12.4. The van der Waals surface area contributed by atoms with Crippen LogP contribution in [0.4, 0.5) is 0 Å². The molecule has 0 aromatic rings. The number of amidine groups is 1. The van der Waals surface area contributed by atoms with Gasteiger partial charge in [0.15, 0.2) is 0 Å². The molecule has 0 bridgehead atoms. The van der Waals surface area contributed by atoms with Gasteiger partial charge in [-0.25, -0.2) is 0 Å². The van der Waals surface area contributed by atoms with Gasteiger partial charge >= 0.3 is 0 Å². The van der Waals surface area contributed by atoms with Gasteiger partial charge in [-0.05, 0) is 19.4 Å². The van der Waals surface area contributed by atoms with E-state index in [4.69, 9.17) is 11.1 Å². The normalized spacial score (nSPS) is 11.2. The molecule has 0 rings (SSSR count). The molecule has 78 valence electrons. The standard InChI is InChI=1S/C10H23N3/c1-4-9(5-2)13(6-3)8-7-10(11)12/h9H,4-8H2,1-3H3,(H3,11,12). The van der Waals surface area contributed by atoms with E-state index in [0.29, 0.717) is 18.3 Å². The third-order valence-corrected chi connectivity index (χ3v) is 2.53. The van der Waals surface area contributed by atoms with Crippen molar-refractivity contribution in [2.24, 2.45) is 5.73 Å². The van der Waals surface area contributed by atoms with Gasteiger partial charge in [-0.2, -0.15) is 0 Å². The second-order valence-corrected chi connectivity index (χ2v) is 3.37. The van der Waals surface area contributed by atoms with Crippen LogP contribution in [-0.2, 0) is 0 Å². The molecule has 0 aromatic heterocycles. The van der Waals surface area contributed by atoms with Crippen LogP contribution in [0.2, 0.25) is 0 Å². The van der Waals surface area contributed by atoms with Crippen LogP contribution in [0.5, 0.6) is 0 Å². The molecular weight excluding hydrogens is 162 g/mol. The average Bonchev–Trinajstić information content (AvgIpc) is 2.11. The number of rotatable bonds is 7. The Bertz CT molecular complexity index is 141. The van der Waals surface area contributed by atoms with E-state index in [1.54, 1.807) is 0 Å². The van der Waals surface area contributed by atoms with Crippen LogP contribution in [0.15, 0.2) is 0 Å². The van der Waals surface area contributed by atoms with Gasteiger partial charge in [0.25, 0.3) is 0 Å². The number of nitrogens with one attached hydrogen (secondary N) is 1. The van der Waals surface area contributed by atoms with Crippen molar-refractivity contribution in [1.29, 1.82) is 5.41 Å². The second kappa shape index (κ2) is 6.89. The van der Waals surface area contributed by atoms with Crippen molar-refractivity contribution in [3.8, 4) is 0 Å². The number of nitrogens with two attached hydrogens (primary N) is 1. The molecule has 0 spiro atoms. The summed E-state index contributed by atoms with van der Waals surface area (Å²) >= 11 is 0. The maximum Gasteiger partial charge on any atom is 0.0918 e. The van der Waals surface area contributed by atoms with E-state index in [1.807, 2.05) is 0 Å². The van der Waals surface area contributed by atoms with Crippen molar-refractivity contribution in [2.75, 3.05) is 13.1 Å². The minimum atomic E-state index is 0.296. The quantitative estimate of drug-likeness (QED) is 0.469. The zero-order chi connectivity index (χ0) is 10.3. The van der Waals surface area contributed by atoms with Crippen LogP contribution < -0.4 is 5.73 Å². The molecule has 0 aliphatic carbocycles. The summed E-state index contributed by atoms with van der Waals surface area (Å²) in [5.41, 5.74) is 5.34. The molecule has 0 radical (unpaired) electrons. The molecular formula is C10H23N3. The summed E-state index contributed by atoms with van der Waals surface area (Å²) in [6.07, 6.45) is 3.06. The lowest BCUT2D eigenvalue weighted by molar-refractivity contribution is 0.200. The lowest BCUT2D eigenvalue weighted by atomic mass is 10.1. The number of nitrogens with zero attached hydrogens (tertiary/aromatic N) is 1. The van der Waals surface area contributed by atoms with Gasteiger partial charge in [0.05, 0.1) is 5.84 Å². The smallest absolute Gasteiger partial charge is 0.0918 e. The van der Waals surface area contributed by atoms with Crippen molar-refractivity contribution >= 4 is 5.84 Å². The fourth-order valence-electron chi connectivity index (χ4n) is 1.67. The average molecular weight is 185 g/mol. The van der Waals surface area contributed by atoms with Crippen LogP contribution in [0.25, 0.3) is 0 Å². The third-order valence-electron chi connectivity index (χ3n) is 2.53. The predicted molar refractivity (Wildman–Crippen MR) is 58.1 cm³/mol. The first-order valence-electron chi connectivity index (χ1n) is 5.22. The number of hydrogen-bond donors (Lipinski definition) is 2. The van der Waals surface area contributed by atoms with Crippen molar-refractivity contribution in [2.45, 2.75) is 46.1 Å². The van der Waals surface area contributed by atoms with Gasteiger partial charge in [0.1, 0.15) is 0 Å². The highest BCUT2D eigenvalue weighted by atomic mass is 15.1. The van der Waals surface area contributed by atoms with E-state index in [0.717, 1.165) is 13.1 Å². The first-order valence-corrected chi connectivity index (χ1v) is 5.22. The van der Waals surface area contributed by atoms with E-state index in [9.17, 15) is 0 Å². The van der Waals surface area contributed by atoms with Gasteiger partial charge in [0.2, 0.25) is 0 Å². The largest absolute Gasteiger partial charge is 0.388 e. The Kier molecular flexibility index (Phi) is 6.59. The SMILES string of the molecule is CCC(CC)N(CC)CCC(=N)N. The fourth-order valence-corrected chi connectivity index (χ4v) is 1.67. The summed E-state index contributed by atoms with van der Waals surface area (Å²) in [5.74, 6) is 0.296. The minimum absolute atomic E-state index is 0.296. The number of hydrogen-bond acceptors (Lipinski definition) is 2. The van der Waals surface area contributed by atoms with Crippen LogP contribution in [-0.4, -0.2) is 29.9 Å². The zero-order valence-electron chi connectivity index (χ0n) is 9.14. The minimum Gasteiger partial charge on any atom is -0.388 e. The molecule has 0 aliphatic heterocycles. The van der Waals surface area contributed by atoms with Crippen LogP contribution >= 0.6 is 0 Å². The highest BCUT2D eigenvalue weighted by Gasteiger charge is 2.12. The monoisotopic (exact) mass is 185 g/mol. The maximum absolute atomic E-state index is 7.17. The molecule has 0 amide bonds. The first-order chi connectivity index (χ1) is 6.15. The molecule has 0 heterocycles. The molecule has 0 saturated carbocycles. The van der Waals surface area contributed by atoms with Gasteiger partial charge in [-0.3, -0.25) is 5.41 Å². The van der Waals surface area contributed by atoms with Crippen LogP contribution in [0, 0.1) is 5.41 Å². The topological polar surface area (TPSA) is 53.1 Å². The molecule has 3 nitrogen and oxygen atoms in total. The summed E-state index contributed by atoms with van der Waals surface area (Å²) in [7, 11) is 0. The third kappa shape index (κ3) is 4.88. The summed E-state index contributed by atoms with van der Waals surface area (Å²) in [4.78, 5) is 2.40. The molecule has 0 atom stereocenters. The second-order valence-electron chi connectivity index (χ2n) is 3.37. The van der Waals surface area contributed by atoms with Crippen molar-refractivity contribution in [1.82, 2.24) is 4.90 Å². The van der Waals surface area contributed by atoms with Crippen molar-refractivity contribution < 1.29 is 0 Å². The molecule has 0 fully saturated rings. The summed E-state index contributed by atoms with van der Waals surface area (Å²) < 4.78 is 0. The Labute approximate surface area is 81.8 Å².